The van der Waals surface area contributed by atoms with Crippen LogP contribution in [-0.4, -0.2) is 43.6 Å². The molecule has 11 aromatic carbocycles. The van der Waals surface area contributed by atoms with Crippen LogP contribution in [0.5, 0.6) is 0 Å². The SMILES string of the molecule is Cc1cc(C)c(-c2c3nc(c(-c4c(C)cc(C)cc4C)c4ccc([nH]4)c(-c4c(C)cc(C)cc4C)c4nc(c(-c5ccc(C#Cc6ccc(N7C(=O)c8ccc9c%10ccc%11c%12c(ccc(c%13ccc(c8c9%13)C7=O)c%12%10)C(=O)N(c7cc(C)ccc7C)C%11=O)cc6)cc5)c5ccc2[nH]5)C=C4)C=C3)c(C)c1. The van der Waals surface area contributed by atoms with Crippen LogP contribution in [0.4, 0.5) is 11.4 Å². The van der Waals surface area contributed by atoms with Crippen molar-refractivity contribution >= 4 is 124 Å². The fourth-order valence-electron chi connectivity index (χ4n) is 17.3. The van der Waals surface area contributed by atoms with E-state index in [0.29, 0.717) is 50.0 Å². The summed E-state index contributed by atoms with van der Waals surface area (Å²) in [6.45, 7) is 23.5. The second kappa shape index (κ2) is 23.1. The van der Waals surface area contributed by atoms with Crippen molar-refractivity contribution in [1.29, 1.82) is 0 Å². The Labute approximate surface area is 595 Å². The molecule has 0 spiro atoms. The van der Waals surface area contributed by atoms with Crippen LogP contribution in [0.15, 0.2) is 176 Å². The number of rotatable bonds is 6. The van der Waals surface area contributed by atoms with Crippen molar-refractivity contribution in [3.63, 3.8) is 0 Å². The summed E-state index contributed by atoms with van der Waals surface area (Å²) in [6.07, 6.45) is 8.65. The van der Waals surface area contributed by atoms with E-state index in [1.54, 1.807) is 36.4 Å². The predicted octanol–water partition coefficient (Wildman–Crippen LogP) is 21.8. The van der Waals surface area contributed by atoms with Crippen molar-refractivity contribution in [2.75, 3.05) is 9.80 Å². The molecule has 8 bridgehead atoms. The molecule has 3 aromatic heterocycles. The molecule has 103 heavy (non-hydrogen) atoms. The predicted molar refractivity (Wildman–Crippen MR) is 422 cm³/mol. The Bertz CT molecular complexity index is 6330. The Morgan fingerprint density at radius 1 is 0.291 bits per heavy atom. The monoisotopic (exact) mass is 1330 g/mol. The molecule has 0 unspecified atom stereocenters. The van der Waals surface area contributed by atoms with E-state index in [0.717, 1.165) is 161 Å². The van der Waals surface area contributed by atoms with E-state index in [1.807, 2.05) is 80.6 Å². The summed E-state index contributed by atoms with van der Waals surface area (Å²) in [5.41, 5.74) is 32.0. The lowest BCUT2D eigenvalue weighted by Gasteiger charge is -2.30. The normalized spacial score (nSPS) is 13.3. The largest absolute Gasteiger partial charge is 0.354 e. The lowest BCUT2D eigenvalue weighted by molar-refractivity contribution is 0.0877. The van der Waals surface area contributed by atoms with Gasteiger partial charge in [0.25, 0.3) is 23.6 Å². The summed E-state index contributed by atoms with van der Waals surface area (Å²) >= 11 is 0. The maximum absolute atomic E-state index is 14.8. The van der Waals surface area contributed by atoms with Crippen LogP contribution < -0.4 is 9.80 Å². The van der Waals surface area contributed by atoms with Crippen LogP contribution in [0.3, 0.4) is 0 Å². The van der Waals surface area contributed by atoms with E-state index in [-0.39, 0.29) is 11.8 Å². The number of benzene rings is 11. The second-order valence-electron chi connectivity index (χ2n) is 28.5. The van der Waals surface area contributed by atoms with E-state index in [2.05, 4.69) is 181 Å². The molecule has 4 aliphatic rings. The molecule has 7 heterocycles. The number of amides is 4. The molecule has 4 amide bonds. The number of carbonyl (C=O) groups is 4. The highest BCUT2D eigenvalue weighted by Crippen LogP contribution is 2.49. The Balaban J connectivity index is 0.715. The number of carbonyl (C=O) groups excluding carboxylic acids is 4. The number of nitrogens with one attached hydrogen (secondary N) is 2. The molecular formula is C93H68N6O4. The van der Waals surface area contributed by atoms with Crippen LogP contribution in [-0.2, 0) is 0 Å². The van der Waals surface area contributed by atoms with Crippen molar-refractivity contribution in [2.45, 2.75) is 76.2 Å². The van der Waals surface area contributed by atoms with Gasteiger partial charge >= 0.3 is 0 Å². The van der Waals surface area contributed by atoms with Gasteiger partial charge < -0.3 is 9.97 Å². The molecule has 0 saturated heterocycles. The van der Waals surface area contributed by atoms with Crippen molar-refractivity contribution in [1.82, 2.24) is 19.9 Å². The number of fused-ring (bicyclic) bond motifs is 10. The van der Waals surface area contributed by atoms with Gasteiger partial charge in [-0.2, -0.15) is 0 Å². The molecule has 10 nitrogen and oxygen atoms in total. The summed E-state index contributed by atoms with van der Waals surface area (Å²) in [7, 11) is 0. The highest BCUT2D eigenvalue weighted by Gasteiger charge is 2.39. The molecule has 0 saturated carbocycles. The van der Waals surface area contributed by atoms with E-state index >= 15 is 0 Å². The summed E-state index contributed by atoms with van der Waals surface area (Å²) in [4.78, 5) is 80.4. The molecule has 18 rings (SSSR count). The number of aromatic amines is 2. The van der Waals surface area contributed by atoms with Crippen molar-refractivity contribution in [3.05, 3.63) is 293 Å². The van der Waals surface area contributed by atoms with E-state index in [1.165, 1.54) is 37.6 Å². The van der Waals surface area contributed by atoms with Gasteiger partial charge in [-0.05, 0) is 291 Å². The fraction of sp³-hybridized carbons (Fsp3) is 0.118. The van der Waals surface area contributed by atoms with Crippen molar-refractivity contribution in [2.24, 2.45) is 0 Å². The standard InChI is InChI=1S/C93H68N6O4/c1-47-12-13-51(5)78(46-47)99-92(102)68-30-26-64-62-24-28-66-85-67(29-25-63(83(62)85)65-27-31-69(93(99)103)86(68)84(64)65)91(101)98(90(66)100)61-22-18-59(19-23-61)15-14-58-16-20-60(21-17-58)82-70-32-34-72(94-70)87(79-52(6)40-48(2)41-53(79)7)74-36-38-76(96-74)89(81-56(10)44-50(4)45-57(81)11)77-39-37-75(97-77)88(73-35-33-71(82)95-73)80-54(8)42-49(3)43-55(80)9/h12-13,16-46,94,97H,1-11H3. The summed E-state index contributed by atoms with van der Waals surface area (Å²) < 4.78 is 0. The maximum Gasteiger partial charge on any atom is 0.265 e. The van der Waals surface area contributed by atoms with Crippen LogP contribution in [0.1, 0.15) is 137 Å². The first kappa shape index (κ1) is 62.4. The highest BCUT2D eigenvalue weighted by atomic mass is 16.2. The Morgan fingerprint density at radius 2 is 0.621 bits per heavy atom. The minimum absolute atomic E-state index is 0.377. The molecule has 494 valence electrons. The Kier molecular flexibility index (Phi) is 14.0. The molecule has 0 aliphatic carbocycles. The lowest BCUT2D eigenvalue weighted by atomic mass is 9.82. The first-order valence-electron chi connectivity index (χ1n) is 34.9. The van der Waals surface area contributed by atoms with Crippen LogP contribution in [0.2, 0.25) is 0 Å². The first-order valence-corrected chi connectivity index (χ1v) is 34.9. The van der Waals surface area contributed by atoms with Gasteiger partial charge in [-0.15, -0.1) is 0 Å². The molecule has 0 radical (unpaired) electrons. The zero-order valence-electron chi connectivity index (χ0n) is 59.0. The molecule has 2 N–H and O–H groups in total. The highest BCUT2D eigenvalue weighted by molar-refractivity contribution is 6.45. The third-order valence-corrected chi connectivity index (χ3v) is 21.4. The third-order valence-electron chi connectivity index (χ3n) is 21.4. The number of hydrogen-bond donors (Lipinski definition) is 2. The maximum atomic E-state index is 14.8. The number of hydrogen-bond acceptors (Lipinski definition) is 6. The van der Waals surface area contributed by atoms with E-state index in [9.17, 15) is 19.2 Å². The molecular weight excluding hydrogens is 1270 g/mol. The molecule has 14 aromatic rings. The van der Waals surface area contributed by atoms with E-state index in [4.69, 9.17) is 9.97 Å². The molecule has 10 heteroatoms. The Morgan fingerprint density at radius 3 is 0.990 bits per heavy atom. The van der Waals surface area contributed by atoms with Crippen molar-refractivity contribution < 1.29 is 19.2 Å². The van der Waals surface area contributed by atoms with E-state index < -0.39 is 11.8 Å². The van der Waals surface area contributed by atoms with Gasteiger partial charge in [0.15, 0.2) is 0 Å². The zero-order chi connectivity index (χ0) is 70.9. The van der Waals surface area contributed by atoms with Gasteiger partial charge in [0.2, 0.25) is 0 Å². The second-order valence-corrected chi connectivity index (χ2v) is 28.5. The minimum Gasteiger partial charge on any atom is -0.354 e. The Hall–Kier alpha value is -12.8. The van der Waals surface area contributed by atoms with Gasteiger partial charge in [-0.25, -0.2) is 19.8 Å². The number of H-pyrrole nitrogens is 2. The van der Waals surface area contributed by atoms with Gasteiger partial charge in [-0.1, -0.05) is 113 Å². The van der Waals surface area contributed by atoms with Crippen molar-refractivity contribution in [3.8, 4) is 56.3 Å². The van der Waals surface area contributed by atoms with Gasteiger partial charge in [0.05, 0.1) is 34.2 Å². The van der Waals surface area contributed by atoms with Crippen LogP contribution >= 0.6 is 0 Å². The number of nitrogens with zero attached hydrogens (tertiary/aromatic N) is 4. The minimum atomic E-state index is -0.433. The summed E-state index contributed by atoms with van der Waals surface area (Å²) in [5, 5.41) is 6.08. The van der Waals surface area contributed by atoms with Crippen LogP contribution in [0.25, 0.3) is 134 Å². The average molecular weight is 1330 g/mol. The quantitative estimate of drug-likeness (QED) is 0.0738. The number of aromatic nitrogens is 4. The lowest BCUT2D eigenvalue weighted by Crippen LogP contribution is -2.41. The van der Waals surface area contributed by atoms with Gasteiger partial charge in [0, 0.05) is 88.5 Å². The number of anilines is 2. The van der Waals surface area contributed by atoms with Crippen LogP contribution in [0, 0.1) is 88.0 Å². The molecule has 4 aliphatic heterocycles. The average Bonchev–Trinajstić information content (AvgIpc) is 1.36. The molecule has 0 fully saturated rings. The summed E-state index contributed by atoms with van der Waals surface area (Å²) in [5.74, 6) is 5.13. The fourth-order valence-corrected chi connectivity index (χ4v) is 17.3. The molecule has 0 atom stereocenters. The topological polar surface area (TPSA) is 132 Å². The number of aryl methyl sites for hydroxylation is 11. The number of imide groups is 2. The smallest absolute Gasteiger partial charge is 0.265 e. The van der Waals surface area contributed by atoms with Gasteiger partial charge in [0.1, 0.15) is 0 Å². The third kappa shape index (κ3) is 9.63. The summed E-state index contributed by atoms with van der Waals surface area (Å²) in [6, 6.07) is 58.5. The zero-order valence-corrected chi connectivity index (χ0v) is 59.0. The van der Waals surface area contributed by atoms with Gasteiger partial charge in [-0.3, -0.25) is 19.2 Å². The first-order chi connectivity index (χ1) is 49.7.